The molecule has 3 heterocycles. The molecule has 1 aliphatic heterocycles. The lowest BCUT2D eigenvalue weighted by atomic mass is 10.2. The third-order valence-corrected chi connectivity index (χ3v) is 3.01. The molecule has 0 bridgehead atoms. The molecule has 0 saturated heterocycles. The van der Waals surface area contributed by atoms with E-state index in [4.69, 9.17) is 0 Å². The third-order valence-electron chi connectivity index (χ3n) is 2.54. The Kier molecular flexibility index (Phi) is 1.77. The molecule has 1 aliphatic rings. The highest BCUT2D eigenvalue weighted by molar-refractivity contribution is 9.10. The van der Waals surface area contributed by atoms with E-state index in [2.05, 4.69) is 36.8 Å². The second kappa shape index (κ2) is 2.98. The summed E-state index contributed by atoms with van der Waals surface area (Å²) in [6.07, 6.45) is 4.32. The fraction of sp³-hybridized carbons (Fsp3) is 0.300. The van der Waals surface area contributed by atoms with Gasteiger partial charge in [-0.25, -0.2) is 4.98 Å². The Morgan fingerprint density at radius 2 is 2.36 bits per heavy atom. The van der Waals surface area contributed by atoms with Gasteiger partial charge in [0.25, 0.3) is 0 Å². The minimum Gasteiger partial charge on any atom is -0.370 e. The number of nitrogens with zero attached hydrogens (tertiary/aromatic N) is 2. The molecular formula is C10H10BrN3. The van der Waals surface area contributed by atoms with Crippen LogP contribution >= 0.6 is 15.9 Å². The molecule has 0 amide bonds. The Bertz CT molecular complexity index is 489. The summed E-state index contributed by atoms with van der Waals surface area (Å²) in [6, 6.07) is 4.05. The molecule has 0 aromatic carbocycles. The van der Waals surface area contributed by atoms with Gasteiger partial charge in [0.1, 0.15) is 11.5 Å². The molecule has 0 atom stereocenters. The Balaban J connectivity index is 2.32. The number of anilines is 1. The first-order valence-electron chi connectivity index (χ1n) is 4.75. The monoisotopic (exact) mass is 251 g/mol. The Hall–Kier alpha value is -1.03. The number of hydrogen-bond acceptors (Lipinski definition) is 2. The molecule has 1 N–H and O–H groups in total. The fourth-order valence-electron chi connectivity index (χ4n) is 1.89. The molecule has 14 heavy (non-hydrogen) atoms. The first-order chi connectivity index (χ1) is 6.84. The van der Waals surface area contributed by atoms with Gasteiger partial charge < -0.3 is 5.32 Å². The first kappa shape index (κ1) is 8.29. The van der Waals surface area contributed by atoms with Crippen molar-refractivity contribution in [3.8, 4) is 0 Å². The summed E-state index contributed by atoms with van der Waals surface area (Å²) in [5.74, 6) is 1.16. The quantitative estimate of drug-likeness (QED) is 0.780. The maximum absolute atomic E-state index is 4.57. The highest BCUT2D eigenvalue weighted by Gasteiger charge is 2.14. The summed E-state index contributed by atoms with van der Waals surface area (Å²) in [5, 5.41) is 3.39. The Morgan fingerprint density at radius 1 is 1.43 bits per heavy atom. The molecule has 0 radical (unpaired) electrons. The standard InChI is InChI=1S/C10H10BrN3/c11-7-3-4-9-13-8-2-1-5-12-10(8)14(9)6-7/h3-4,6,12H,1-2,5H2. The minimum absolute atomic E-state index is 1.02. The number of pyridine rings is 1. The van der Waals surface area contributed by atoms with Gasteiger partial charge in [0.15, 0.2) is 0 Å². The van der Waals surface area contributed by atoms with Gasteiger partial charge in [-0.15, -0.1) is 0 Å². The van der Waals surface area contributed by atoms with Crippen molar-refractivity contribution in [3.63, 3.8) is 0 Å². The second-order valence-electron chi connectivity index (χ2n) is 3.51. The van der Waals surface area contributed by atoms with Gasteiger partial charge in [0, 0.05) is 17.2 Å². The third kappa shape index (κ3) is 1.14. The van der Waals surface area contributed by atoms with Crippen LogP contribution in [0.1, 0.15) is 12.1 Å². The van der Waals surface area contributed by atoms with E-state index >= 15 is 0 Å². The molecule has 2 aromatic rings. The van der Waals surface area contributed by atoms with Crippen LogP contribution in [-0.2, 0) is 6.42 Å². The van der Waals surface area contributed by atoms with Gasteiger partial charge in [-0.1, -0.05) is 0 Å². The predicted molar refractivity (Wildman–Crippen MR) is 59.7 cm³/mol. The average Bonchev–Trinajstić information content (AvgIpc) is 2.56. The summed E-state index contributed by atoms with van der Waals surface area (Å²) in [5.41, 5.74) is 2.21. The van der Waals surface area contributed by atoms with Gasteiger partial charge in [0.05, 0.1) is 5.69 Å². The molecule has 2 aromatic heterocycles. The summed E-state index contributed by atoms with van der Waals surface area (Å²) >= 11 is 3.47. The Morgan fingerprint density at radius 3 is 3.29 bits per heavy atom. The van der Waals surface area contributed by atoms with Crippen LogP contribution in [-0.4, -0.2) is 15.9 Å². The molecule has 0 fully saturated rings. The number of aromatic nitrogens is 2. The molecule has 0 unspecified atom stereocenters. The van der Waals surface area contributed by atoms with Crippen LogP contribution in [0.15, 0.2) is 22.8 Å². The lowest BCUT2D eigenvalue weighted by Gasteiger charge is -2.12. The highest BCUT2D eigenvalue weighted by Crippen LogP contribution is 2.24. The highest BCUT2D eigenvalue weighted by atomic mass is 79.9. The minimum atomic E-state index is 1.02. The molecule has 4 heteroatoms. The van der Waals surface area contributed by atoms with Crippen molar-refractivity contribution in [1.29, 1.82) is 0 Å². The van der Waals surface area contributed by atoms with Crippen LogP contribution in [0.3, 0.4) is 0 Å². The SMILES string of the molecule is Brc1ccc2nc3c(n2c1)NCCC3. The fourth-order valence-corrected chi connectivity index (χ4v) is 2.23. The van der Waals surface area contributed by atoms with E-state index in [1.54, 1.807) is 0 Å². The number of aryl methyl sites for hydroxylation is 1. The van der Waals surface area contributed by atoms with Crippen LogP contribution in [0, 0.1) is 0 Å². The molecule has 72 valence electrons. The summed E-state index contributed by atoms with van der Waals surface area (Å²) in [4.78, 5) is 4.57. The van der Waals surface area contributed by atoms with E-state index in [0.29, 0.717) is 0 Å². The molecule has 3 rings (SSSR count). The van der Waals surface area contributed by atoms with E-state index in [1.807, 2.05) is 12.1 Å². The topological polar surface area (TPSA) is 29.3 Å². The van der Waals surface area contributed by atoms with Crippen LogP contribution < -0.4 is 5.32 Å². The number of imidazole rings is 1. The summed E-state index contributed by atoms with van der Waals surface area (Å²) in [7, 11) is 0. The zero-order valence-corrected chi connectivity index (χ0v) is 9.21. The average molecular weight is 252 g/mol. The maximum atomic E-state index is 4.57. The van der Waals surface area contributed by atoms with Crippen LogP contribution in [0.25, 0.3) is 5.65 Å². The number of nitrogens with one attached hydrogen (secondary N) is 1. The van der Waals surface area contributed by atoms with Crippen molar-refractivity contribution in [2.75, 3.05) is 11.9 Å². The van der Waals surface area contributed by atoms with Crippen LogP contribution in [0.2, 0.25) is 0 Å². The number of rotatable bonds is 0. The number of fused-ring (bicyclic) bond motifs is 3. The number of halogens is 1. The van der Waals surface area contributed by atoms with Crippen LogP contribution in [0.4, 0.5) is 5.82 Å². The summed E-state index contributed by atoms with van der Waals surface area (Å²) in [6.45, 7) is 1.05. The lowest BCUT2D eigenvalue weighted by Crippen LogP contribution is -2.12. The predicted octanol–water partition coefficient (Wildman–Crippen LogP) is 2.45. The van der Waals surface area contributed by atoms with Crippen molar-refractivity contribution >= 4 is 27.4 Å². The van der Waals surface area contributed by atoms with Gasteiger partial charge in [-0.3, -0.25) is 4.40 Å². The molecule has 0 aliphatic carbocycles. The van der Waals surface area contributed by atoms with Crippen LogP contribution in [0.5, 0.6) is 0 Å². The maximum Gasteiger partial charge on any atom is 0.138 e. The van der Waals surface area contributed by atoms with Gasteiger partial charge in [-0.2, -0.15) is 0 Å². The molecule has 0 saturated carbocycles. The van der Waals surface area contributed by atoms with E-state index in [-0.39, 0.29) is 0 Å². The largest absolute Gasteiger partial charge is 0.370 e. The zero-order valence-electron chi connectivity index (χ0n) is 7.63. The van der Waals surface area contributed by atoms with Gasteiger partial charge in [-0.05, 0) is 40.9 Å². The zero-order chi connectivity index (χ0) is 9.54. The smallest absolute Gasteiger partial charge is 0.138 e. The second-order valence-corrected chi connectivity index (χ2v) is 4.43. The van der Waals surface area contributed by atoms with Gasteiger partial charge >= 0.3 is 0 Å². The molecular weight excluding hydrogens is 242 g/mol. The van der Waals surface area contributed by atoms with E-state index in [9.17, 15) is 0 Å². The van der Waals surface area contributed by atoms with Crippen molar-refractivity contribution in [2.24, 2.45) is 0 Å². The summed E-state index contributed by atoms with van der Waals surface area (Å²) < 4.78 is 3.19. The van der Waals surface area contributed by atoms with Crippen molar-refractivity contribution in [2.45, 2.75) is 12.8 Å². The van der Waals surface area contributed by atoms with Crippen molar-refractivity contribution < 1.29 is 0 Å². The first-order valence-corrected chi connectivity index (χ1v) is 5.54. The van der Waals surface area contributed by atoms with E-state index in [0.717, 1.165) is 28.9 Å². The van der Waals surface area contributed by atoms with E-state index in [1.165, 1.54) is 12.1 Å². The van der Waals surface area contributed by atoms with Gasteiger partial charge in [0.2, 0.25) is 0 Å². The van der Waals surface area contributed by atoms with Crippen molar-refractivity contribution in [1.82, 2.24) is 9.38 Å². The molecule has 3 nitrogen and oxygen atoms in total. The van der Waals surface area contributed by atoms with E-state index < -0.39 is 0 Å². The normalized spacial score (nSPS) is 15.2. The Labute approximate surface area is 90.3 Å². The number of hydrogen-bond donors (Lipinski definition) is 1. The van der Waals surface area contributed by atoms with Crippen molar-refractivity contribution in [3.05, 3.63) is 28.5 Å². The molecule has 0 spiro atoms. The lowest BCUT2D eigenvalue weighted by molar-refractivity contribution is 0.805.